The molecule has 0 amide bonds. The number of rotatable bonds is 7. The molecule has 0 saturated heterocycles. The van der Waals surface area contributed by atoms with Crippen LogP contribution < -0.4 is 0 Å². The molecule has 0 saturated carbocycles. The van der Waals surface area contributed by atoms with Crippen molar-refractivity contribution in [1.29, 1.82) is 0 Å². The van der Waals surface area contributed by atoms with Crippen LogP contribution >= 0.6 is 11.3 Å². The summed E-state index contributed by atoms with van der Waals surface area (Å²) in [6.07, 6.45) is 1.50. The summed E-state index contributed by atoms with van der Waals surface area (Å²) in [4.78, 5) is 10.9. The van der Waals surface area contributed by atoms with Crippen molar-refractivity contribution in [3.05, 3.63) is 52.2 Å². The van der Waals surface area contributed by atoms with Crippen LogP contribution in [-0.4, -0.2) is 37.4 Å². The lowest BCUT2D eigenvalue weighted by Gasteiger charge is -2.16. The predicted molar refractivity (Wildman–Crippen MR) is 85.9 cm³/mol. The molecule has 0 atom stereocenters. The third kappa shape index (κ3) is 3.94. The Morgan fingerprint density at radius 3 is 2.55 bits per heavy atom. The molecular formula is C15H17NO4S2. The molecule has 0 aliphatic heterocycles. The first-order chi connectivity index (χ1) is 10.4. The number of carbonyl (C=O) groups is 1. The van der Waals surface area contributed by atoms with Crippen LogP contribution in [0.3, 0.4) is 0 Å². The van der Waals surface area contributed by atoms with Crippen molar-refractivity contribution in [3.8, 4) is 0 Å². The third-order valence-electron chi connectivity index (χ3n) is 3.28. The molecule has 2 rings (SSSR count). The van der Waals surface area contributed by atoms with Crippen LogP contribution in [0.2, 0.25) is 0 Å². The van der Waals surface area contributed by atoms with Crippen molar-refractivity contribution in [2.45, 2.75) is 17.7 Å². The molecule has 1 N–H and O–H groups in total. The van der Waals surface area contributed by atoms with Crippen LogP contribution in [-0.2, 0) is 16.4 Å². The molecule has 0 radical (unpaired) electrons. The molecule has 0 bridgehead atoms. The molecule has 7 heteroatoms. The third-order valence-corrected chi connectivity index (χ3v) is 6.18. The maximum atomic E-state index is 12.4. The van der Waals surface area contributed by atoms with Gasteiger partial charge in [-0.05, 0) is 24.5 Å². The number of benzene rings is 1. The van der Waals surface area contributed by atoms with Crippen molar-refractivity contribution in [2.24, 2.45) is 0 Å². The first-order valence-corrected chi connectivity index (χ1v) is 9.05. The summed E-state index contributed by atoms with van der Waals surface area (Å²) < 4.78 is 26.0. The van der Waals surface area contributed by atoms with Crippen LogP contribution in [0.1, 0.15) is 21.7 Å². The number of hydrogen-bond acceptors (Lipinski definition) is 4. The van der Waals surface area contributed by atoms with E-state index < -0.39 is 16.0 Å². The molecular weight excluding hydrogens is 322 g/mol. The van der Waals surface area contributed by atoms with Gasteiger partial charge in [-0.25, -0.2) is 17.5 Å². The standard InChI is InChI=1S/C15H17NO4S2/c1-16(9-5-8-12-6-3-2-4-7-12)22(19,20)13-10-14(15(17)18)21-11-13/h2-4,6-7,10-11H,5,8-9H2,1H3,(H,17,18). The highest BCUT2D eigenvalue weighted by Crippen LogP contribution is 2.22. The lowest BCUT2D eigenvalue weighted by molar-refractivity contribution is 0.0702. The summed E-state index contributed by atoms with van der Waals surface area (Å²) in [5, 5.41) is 10.2. The minimum atomic E-state index is -3.63. The Kier molecular flexibility index (Phi) is 5.33. The highest BCUT2D eigenvalue weighted by molar-refractivity contribution is 7.89. The summed E-state index contributed by atoms with van der Waals surface area (Å²) in [5.41, 5.74) is 1.16. The molecule has 1 aromatic carbocycles. The fourth-order valence-electron chi connectivity index (χ4n) is 2.02. The van der Waals surface area contributed by atoms with E-state index in [1.807, 2.05) is 30.3 Å². The van der Waals surface area contributed by atoms with E-state index in [2.05, 4.69) is 0 Å². The monoisotopic (exact) mass is 339 g/mol. The van der Waals surface area contributed by atoms with Gasteiger partial charge in [0.2, 0.25) is 10.0 Å². The van der Waals surface area contributed by atoms with E-state index in [0.717, 1.165) is 23.3 Å². The average molecular weight is 339 g/mol. The SMILES string of the molecule is CN(CCCc1ccccc1)S(=O)(=O)c1csc(C(=O)O)c1. The molecule has 0 spiro atoms. The first-order valence-electron chi connectivity index (χ1n) is 6.73. The molecule has 2 aromatic rings. The van der Waals surface area contributed by atoms with Crippen LogP contribution in [0.25, 0.3) is 0 Å². The van der Waals surface area contributed by atoms with E-state index in [4.69, 9.17) is 5.11 Å². The van der Waals surface area contributed by atoms with E-state index in [-0.39, 0.29) is 9.77 Å². The molecule has 0 aliphatic rings. The fourth-order valence-corrected chi connectivity index (χ4v) is 4.33. The Morgan fingerprint density at radius 1 is 1.27 bits per heavy atom. The smallest absolute Gasteiger partial charge is 0.345 e. The minimum absolute atomic E-state index is 0.0243. The van der Waals surface area contributed by atoms with Gasteiger partial charge in [-0.1, -0.05) is 30.3 Å². The van der Waals surface area contributed by atoms with Gasteiger partial charge in [-0.15, -0.1) is 11.3 Å². The Bertz CT molecular complexity index is 738. The van der Waals surface area contributed by atoms with Crippen molar-refractivity contribution in [2.75, 3.05) is 13.6 Å². The summed E-state index contributed by atoms with van der Waals surface area (Å²) in [7, 11) is -2.11. The zero-order valence-electron chi connectivity index (χ0n) is 12.1. The number of carboxylic acid groups (broad SMARTS) is 1. The number of thiophene rings is 1. The number of aryl methyl sites for hydroxylation is 1. The maximum absolute atomic E-state index is 12.4. The Balaban J connectivity index is 1.98. The number of hydrogen-bond donors (Lipinski definition) is 1. The van der Waals surface area contributed by atoms with Crippen molar-refractivity contribution < 1.29 is 18.3 Å². The summed E-state index contributed by atoms with van der Waals surface area (Å²) in [5.74, 6) is -1.11. The number of sulfonamides is 1. The van der Waals surface area contributed by atoms with Gasteiger partial charge in [0.05, 0.1) is 4.90 Å². The molecule has 22 heavy (non-hydrogen) atoms. The Labute approximate surface area is 133 Å². The van der Waals surface area contributed by atoms with E-state index in [0.29, 0.717) is 13.0 Å². The zero-order valence-corrected chi connectivity index (χ0v) is 13.7. The number of carboxylic acids is 1. The molecule has 118 valence electrons. The second-order valence-electron chi connectivity index (χ2n) is 4.87. The zero-order chi connectivity index (χ0) is 16.2. The van der Waals surface area contributed by atoms with E-state index in [9.17, 15) is 13.2 Å². The van der Waals surface area contributed by atoms with Crippen molar-refractivity contribution in [3.63, 3.8) is 0 Å². The quantitative estimate of drug-likeness (QED) is 0.841. The minimum Gasteiger partial charge on any atom is -0.477 e. The van der Waals surface area contributed by atoms with Crippen molar-refractivity contribution >= 4 is 27.3 Å². The van der Waals surface area contributed by atoms with Gasteiger partial charge in [0, 0.05) is 19.0 Å². The van der Waals surface area contributed by atoms with Gasteiger partial charge >= 0.3 is 5.97 Å². The molecule has 0 aliphatic carbocycles. The predicted octanol–water partition coefficient (Wildman–Crippen LogP) is 2.70. The highest BCUT2D eigenvalue weighted by atomic mass is 32.2. The molecule has 0 unspecified atom stereocenters. The second kappa shape index (κ2) is 7.04. The fraction of sp³-hybridized carbons (Fsp3) is 0.267. The highest BCUT2D eigenvalue weighted by Gasteiger charge is 2.23. The summed E-state index contributed by atoms with van der Waals surface area (Å²) in [6.45, 7) is 0.384. The van der Waals surface area contributed by atoms with E-state index in [1.54, 1.807) is 0 Å². The second-order valence-corrected chi connectivity index (χ2v) is 7.82. The molecule has 1 aromatic heterocycles. The van der Waals surface area contributed by atoms with Gasteiger partial charge in [-0.2, -0.15) is 0 Å². The first kappa shape index (κ1) is 16.7. The van der Waals surface area contributed by atoms with Gasteiger partial charge in [0.15, 0.2) is 0 Å². The van der Waals surface area contributed by atoms with Gasteiger partial charge in [-0.3, -0.25) is 0 Å². The van der Waals surface area contributed by atoms with Crippen LogP contribution in [0.15, 0.2) is 46.7 Å². The van der Waals surface area contributed by atoms with Gasteiger partial charge in [0.1, 0.15) is 4.88 Å². The topological polar surface area (TPSA) is 74.7 Å². The van der Waals surface area contributed by atoms with Crippen LogP contribution in [0.5, 0.6) is 0 Å². The average Bonchev–Trinajstić information content (AvgIpc) is 2.99. The maximum Gasteiger partial charge on any atom is 0.345 e. The lowest BCUT2D eigenvalue weighted by Crippen LogP contribution is -2.28. The lowest BCUT2D eigenvalue weighted by atomic mass is 10.1. The molecule has 0 fully saturated rings. The van der Waals surface area contributed by atoms with Gasteiger partial charge < -0.3 is 5.11 Å². The van der Waals surface area contributed by atoms with Crippen molar-refractivity contribution in [1.82, 2.24) is 4.31 Å². The Hall–Kier alpha value is -1.70. The Morgan fingerprint density at radius 2 is 1.95 bits per heavy atom. The van der Waals surface area contributed by atoms with Crippen LogP contribution in [0.4, 0.5) is 0 Å². The normalized spacial score (nSPS) is 11.7. The van der Waals surface area contributed by atoms with Gasteiger partial charge in [0.25, 0.3) is 0 Å². The van der Waals surface area contributed by atoms with E-state index in [1.165, 1.54) is 22.8 Å². The summed E-state index contributed by atoms with van der Waals surface area (Å²) in [6, 6.07) is 11.1. The molecule has 5 nitrogen and oxygen atoms in total. The van der Waals surface area contributed by atoms with Crippen LogP contribution in [0, 0.1) is 0 Å². The number of aromatic carboxylic acids is 1. The number of nitrogens with zero attached hydrogens (tertiary/aromatic N) is 1. The largest absolute Gasteiger partial charge is 0.477 e. The summed E-state index contributed by atoms with van der Waals surface area (Å²) >= 11 is 0.917. The van der Waals surface area contributed by atoms with E-state index >= 15 is 0 Å². The molecule has 1 heterocycles.